The van der Waals surface area contributed by atoms with Gasteiger partial charge in [0, 0.05) is 25.7 Å². The highest BCUT2D eigenvalue weighted by Gasteiger charge is 2.31. The maximum Gasteiger partial charge on any atom is 0.235 e. The number of nitrogens with zero attached hydrogens (tertiary/aromatic N) is 4. The molecule has 1 atom stereocenters. The summed E-state index contributed by atoms with van der Waals surface area (Å²) in [7, 11) is 3.55. The van der Waals surface area contributed by atoms with E-state index >= 15 is 0 Å². The number of amides is 1. The lowest BCUT2D eigenvalue weighted by molar-refractivity contribution is -0.127. The van der Waals surface area contributed by atoms with Crippen LogP contribution in [0.15, 0.2) is 35.5 Å². The fourth-order valence-corrected chi connectivity index (χ4v) is 3.38. The van der Waals surface area contributed by atoms with Crippen LogP contribution in [-0.2, 0) is 4.79 Å². The monoisotopic (exact) mass is 316 g/mol. The third-order valence-electron chi connectivity index (χ3n) is 3.69. The van der Waals surface area contributed by atoms with Gasteiger partial charge in [-0.3, -0.25) is 9.36 Å². The molecule has 1 aromatic heterocycles. The van der Waals surface area contributed by atoms with E-state index in [0.29, 0.717) is 5.92 Å². The van der Waals surface area contributed by atoms with Crippen molar-refractivity contribution in [3.63, 3.8) is 0 Å². The fraction of sp³-hybridized carbons (Fsp3) is 0.438. The lowest BCUT2D eigenvalue weighted by atomic mass is 10.3. The van der Waals surface area contributed by atoms with Gasteiger partial charge < -0.3 is 4.90 Å². The second-order valence-corrected chi connectivity index (χ2v) is 7.09. The van der Waals surface area contributed by atoms with Gasteiger partial charge in [0.25, 0.3) is 0 Å². The molecule has 22 heavy (non-hydrogen) atoms. The van der Waals surface area contributed by atoms with Gasteiger partial charge in [-0.25, -0.2) is 0 Å². The molecule has 1 fully saturated rings. The molecule has 1 aromatic carbocycles. The van der Waals surface area contributed by atoms with E-state index in [-0.39, 0.29) is 11.2 Å². The summed E-state index contributed by atoms with van der Waals surface area (Å²) in [6, 6.07) is 10.1. The molecular formula is C16H20N4OS. The average molecular weight is 316 g/mol. The fourth-order valence-electron chi connectivity index (χ4n) is 2.36. The Balaban J connectivity index is 1.93. The Bertz CT molecular complexity index is 664. The van der Waals surface area contributed by atoms with Crippen LogP contribution in [0.1, 0.15) is 31.5 Å². The van der Waals surface area contributed by atoms with Gasteiger partial charge in [-0.2, -0.15) is 0 Å². The number of hydrogen-bond donors (Lipinski definition) is 0. The molecule has 1 heterocycles. The van der Waals surface area contributed by atoms with Crippen LogP contribution in [0, 0.1) is 0 Å². The Labute approximate surface area is 134 Å². The number of benzene rings is 1. The molecule has 5 nitrogen and oxygen atoms in total. The highest BCUT2D eigenvalue weighted by atomic mass is 32.2. The lowest BCUT2D eigenvalue weighted by Gasteiger charge is -2.16. The number of rotatable bonds is 5. The zero-order chi connectivity index (χ0) is 15.7. The first-order valence-electron chi connectivity index (χ1n) is 7.46. The predicted octanol–water partition coefficient (Wildman–Crippen LogP) is 2.71. The molecule has 1 aliphatic rings. The largest absolute Gasteiger partial charge is 0.348 e. The molecule has 0 bridgehead atoms. The van der Waals surface area contributed by atoms with Crippen LogP contribution in [0.25, 0.3) is 5.69 Å². The first kappa shape index (κ1) is 15.1. The summed E-state index contributed by atoms with van der Waals surface area (Å²) in [6.07, 6.45) is 2.34. The third kappa shape index (κ3) is 3.02. The van der Waals surface area contributed by atoms with Crippen molar-refractivity contribution in [3.05, 3.63) is 36.2 Å². The normalized spacial score (nSPS) is 15.6. The molecule has 0 N–H and O–H groups in total. The number of carbonyl (C=O) groups excluding carboxylic acids is 1. The Morgan fingerprint density at radius 1 is 1.27 bits per heavy atom. The van der Waals surface area contributed by atoms with Gasteiger partial charge in [0.15, 0.2) is 5.16 Å². The molecule has 116 valence electrons. The van der Waals surface area contributed by atoms with E-state index in [9.17, 15) is 4.79 Å². The van der Waals surface area contributed by atoms with Crippen molar-refractivity contribution in [1.29, 1.82) is 0 Å². The van der Waals surface area contributed by atoms with Crippen molar-refractivity contribution < 1.29 is 4.79 Å². The highest BCUT2D eigenvalue weighted by Crippen LogP contribution is 2.41. The Morgan fingerprint density at radius 2 is 1.95 bits per heavy atom. The number of thioether (sulfide) groups is 1. The summed E-state index contributed by atoms with van der Waals surface area (Å²) in [5, 5.41) is 9.32. The summed E-state index contributed by atoms with van der Waals surface area (Å²) in [5.74, 6) is 1.60. The lowest BCUT2D eigenvalue weighted by Crippen LogP contribution is -2.29. The highest BCUT2D eigenvalue weighted by molar-refractivity contribution is 8.00. The van der Waals surface area contributed by atoms with Gasteiger partial charge in [-0.15, -0.1) is 10.2 Å². The van der Waals surface area contributed by atoms with Crippen LogP contribution in [-0.4, -0.2) is 44.9 Å². The van der Waals surface area contributed by atoms with E-state index in [2.05, 4.69) is 26.9 Å². The maximum absolute atomic E-state index is 12.1. The standard InChI is InChI=1S/C16H20N4OS/c1-11(15(21)19(2)3)22-16-18-17-14(12-9-10-12)20(16)13-7-5-4-6-8-13/h4-8,11-12H,9-10H2,1-3H3. The number of hydrogen-bond acceptors (Lipinski definition) is 4. The van der Waals surface area contributed by atoms with E-state index in [1.807, 2.05) is 25.1 Å². The first-order valence-corrected chi connectivity index (χ1v) is 8.34. The molecule has 1 saturated carbocycles. The van der Waals surface area contributed by atoms with Gasteiger partial charge in [-0.05, 0) is 31.9 Å². The molecule has 1 amide bonds. The minimum atomic E-state index is -0.186. The molecular weight excluding hydrogens is 296 g/mol. The van der Waals surface area contributed by atoms with Crippen LogP contribution in [0.2, 0.25) is 0 Å². The number of para-hydroxylation sites is 1. The molecule has 6 heteroatoms. The van der Waals surface area contributed by atoms with Gasteiger partial charge >= 0.3 is 0 Å². The second-order valence-electron chi connectivity index (χ2n) is 5.78. The van der Waals surface area contributed by atoms with E-state index in [1.54, 1.807) is 19.0 Å². The molecule has 1 aliphatic carbocycles. The minimum Gasteiger partial charge on any atom is -0.348 e. The summed E-state index contributed by atoms with van der Waals surface area (Å²) >= 11 is 1.47. The van der Waals surface area contributed by atoms with Crippen molar-refractivity contribution >= 4 is 17.7 Å². The zero-order valence-corrected chi connectivity index (χ0v) is 13.9. The molecule has 2 aromatic rings. The second kappa shape index (κ2) is 6.12. The van der Waals surface area contributed by atoms with Crippen molar-refractivity contribution in [2.75, 3.05) is 14.1 Å². The van der Waals surface area contributed by atoms with Crippen molar-refractivity contribution in [3.8, 4) is 5.69 Å². The van der Waals surface area contributed by atoms with Crippen molar-refractivity contribution in [1.82, 2.24) is 19.7 Å². The van der Waals surface area contributed by atoms with Crippen LogP contribution in [0.5, 0.6) is 0 Å². The SMILES string of the molecule is CC(Sc1nnc(C2CC2)n1-c1ccccc1)C(=O)N(C)C. The smallest absolute Gasteiger partial charge is 0.235 e. The summed E-state index contributed by atoms with van der Waals surface area (Å²) in [5.41, 5.74) is 1.06. The molecule has 1 unspecified atom stereocenters. The predicted molar refractivity (Wildman–Crippen MR) is 87.3 cm³/mol. The van der Waals surface area contributed by atoms with Crippen LogP contribution in [0.4, 0.5) is 0 Å². The van der Waals surface area contributed by atoms with Gasteiger partial charge in [0.1, 0.15) is 5.82 Å². The average Bonchev–Trinajstić information content (AvgIpc) is 3.28. The molecule has 0 spiro atoms. The number of aromatic nitrogens is 3. The number of carbonyl (C=O) groups is 1. The molecule has 0 radical (unpaired) electrons. The van der Waals surface area contributed by atoms with Crippen molar-refractivity contribution in [2.24, 2.45) is 0 Å². The van der Waals surface area contributed by atoms with Crippen LogP contribution in [0.3, 0.4) is 0 Å². The van der Waals surface area contributed by atoms with Gasteiger partial charge in [-0.1, -0.05) is 30.0 Å². The Hall–Kier alpha value is -1.82. The molecule has 3 rings (SSSR count). The Morgan fingerprint density at radius 3 is 2.55 bits per heavy atom. The quantitative estimate of drug-likeness (QED) is 0.796. The summed E-state index contributed by atoms with van der Waals surface area (Å²) in [6.45, 7) is 1.91. The molecule has 0 saturated heterocycles. The van der Waals surface area contributed by atoms with Crippen molar-refractivity contribution in [2.45, 2.75) is 36.1 Å². The van der Waals surface area contributed by atoms with Crippen LogP contribution < -0.4 is 0 Å². The molecule has 0 aliphatic heterocycles. The maximum atomic E-state index is 12.1. The van der Waals surface area contributed by atoms with Gasteiger partial charge in [0.2, 0.25) is 5.91 Å². The first-order chi connectivity index (χ1) is 10.6. The minimum absolute atomic E-state index is 0.0839. The topological polar surface area (TPSA) is 51.0 Å². The Kier molecular flexibility index (Phi) is 4.20. The summed E-state index contributed by atoms with van der Waals surface area (Å²) in [4.78, 5) is 13.7. The van der Waals surface area contributed by atoms with E-state index in [4.69, 9.17) is 0 Å². The van der Waals surface area contributed by atoms with E-state index in [0.717, 1.165) is 16.7 Å². The van der Waals surface area contributed by atoms with Gasteiger partial charge in [0.05, 0.1) is 5.25 Å². The van der Waals surface area contributed by atoms with E-state index < -0.39 is 0 Å². The summed E-state index contributed by atoms with van der Waals surface area (Å²) < 4.78 is 2.10. The third-order valence-corrected chi connectivity index (χ3v) is 4.72. The van der Waals surface area contributed by atoms with E-state index in [1.165, 1.54) is 24.6 Å². The zero-order valence-electron chi connectivity index (χ0n) is 13.1. The van der Waals surface area contributed by atoms with Crippen LogP contribution >= 0.6 is 11.8 Å².